The van der Waals surface area contributed by atoms with E-state index in [-0.39, 0.29) is 30.3 Å². The van der Waals surface area contributed by atoms with Gasteiger partial charge in [-0.05, 0) is 26.7 Å². The number of amides is 1. The highest BCUT2D eigenvalue weighted by Gasteiger charge is 2.06. The van der Waals surface area contributed by atoms with Crippen LogP contribution in [0.25, 0.3) is 0 Å². The molecule has 0 saturated carbocycles. The van der Waals surface area contributed by atoms with Crippen molar-refractivity contribution in [3.63, 3.8) is 0 Å². The monoisotopic (exact) mass is 257 g/mol. The van der Waals surface area contributed by atoms with Gasteiger partial charge in [-0.3, -0.25) is 9.59 Å². The lowest BCUT2D eigenvalue weighted by molar-refractivity contribution is -0.125. The fourth-order valence-corrected chi connectivity index (χ4v) is 1.37. The Balaban J connectivity index is 3.35. The molecule has 4 nitrogen and oxygen atoms in total. The second-order valence-corrected chi connectivity index (χ2v) is 5.15. The van der Waals surface area contributed by atoms with E-state index in [1.54, 1.807) is 0 Å². The van der Waals surface area contributed by atoms with E-state index in [9.17, 15) is 9.59 Å². The lowest BCUT2D eigenvalue weighted by Crippen LogP contribution is -2.28. The van der Waals surface area contributed by atoms with Crippen molar-refractivity contribution in [2.75, 3.05) is 13.2 Å². The zero-order valence-corrected chi connectivity index (χ0v) is 12.1. The molecule has 0 aliphatic rings. The Labute approximate surface area is 110 Å². The molecule has 0 bridgehead atoms. The SMILES string of the molecule is CC(C)OCC(=O)CCCCCNC(=O)C(C)C. The zero-order valence-electron chi connectivity index (χ0n) is 12.1. The Bertz CT molecular complexity index is 249. The first-order valence-electron chi connectivity index (χ1n) is 6.84. The predicted octanol–water partition coefficient (Wildman–Crippen LogP) is 2.31. The molecule has 0 fully saturated rings. The van der Waals surface area contributed by atoms with Gasteiger partial charge in [0.1, 0.15) is 6.61 Å². The number of carbonyl (C=O) groups excluding carboxylic acids is 2. The minimum Gasteiger partial charge on any atom is -0.371 e. The lowest BCUT2D eigenvalue weighted by atomic mass is 10.1. The van der Waals surface area contributed by atoms with E-state index in [1.807, 2.05) is 27.7 Å². The summed E-state index contributed by atoms with van der Waals surface area (Å²) >= 11 is 0. The van der Waals surface area contributed by atoms with Gasteiger partial charge in [0, 0.05) is 18.9 Å². The van der Waals surface area contributed by atoms with E-state index in [0.29, 0.717) is 13.0 Å². The fourth-order valence-electron chi connectivity index (χ4n) is 1.37. The van der Waals surface area contributed by atoms with E-state index < -0.39 is 0 Å². The number of hydrogen-bond acceptors (Lipinski definition) is 3. The molecule has 0 heterocycles. The molecule has 18 heavy (non-hydrogen) atoms. The van der Waals surface area contributed by atoms with Crippen molar-refractivity contribution in [2.45, 2.75) is 59.5 Å². The average molecular weight is 257 g/mol. The van der Waals surface area contributed by atoms with Crippen LogP contribution in [-0.2, 0) is 14.3 Å². The molecule has 1 N–H and O–H groups in total. The van der Waals surface area contributed by atoms with Gasteiger partial charge in [0.25, 0.3) is 0 Å². The van der Waals surface area contributed by atoms with E-state index in [4.69, 9.17) is 4.74 Å². The van der Waals surface area contributed by atoms with Gasteiger partial charge in [0.2, 0.25) is 5.91 Å². The first-order valence-corrected chi connectivity index (χ1v) is 6.84. The third kappa shape index (κ3) is 10.3. The van der Waals surface area contributed by atoms with E-state index in [2.05, 4.69) is 5.32 Å². The summed E-state index contributed by atoms with van der Waals surface area (Å²) in [7, 11) is 0. The third-order valence-electron chi connectivity index (χ3n) is 2.53. The van der Waals surface area contributed by atoms with Crippen molar-refractivity contribution in [3.05, 3.63) is 0 Å². The number of ether oxygens (including phenoxy) is 1. The summed E-state index contributed by atoms with van der Waals surface area (Å²) in [5.41, 5.74) is 0. The number of Topliss-reactive ketones (excluding diaryl/α,β-unsaturated/α-hetero) is 1. The van der Waals surface area contributed by atoms with Crippen molar-refractivity contribution in [3.8, 4) is 0 Å². The molecule has 0 aliphatic heterocycles. The Morgan fingerprint density at radius 1 is 1.06 bits per heavy atom. The van der Waals surface area contributed by atoms with Crippen LogP contribution in [0.15, 0.2) is 0 Å². The normalized spacial score (nSPS) is 11.0. The summed E-state index contributed by atoms with van der Waals surface area (Å²) in [5.74, 6) is 0.297. The van der Waals surface area contributed by atoms with E-state index in [1.165, 1.54) is 0 Å². The topological polar surface area (TPSA) is 55.4 Å². The molecule has 0 rings (SSSR count). The molecule has 0 aromatic carbocycles. The quantitative estimate of drug-likeness (QED) is 0.611. The average Bonchev–Trinajstić information content (AvgIpc) is 2.30. The predicted molar refractivity (Wildman–Crippen MR) is 72.4 cm³/mol. The van der Waals surface area contributed by atoms with Gasteiger partial charge in [0.05, 0.1) is 6.10 Å². The molecule has 0 aliphatic carbocycles. The highest BCUT2D eigenvalue weighted by Crippen LogP contribution is 2.01. The van der Waals surface area contributed by atoms with Crippen LogP contribution in [0, 0.1) is 5.92 Å². The minimum absolute atomic E-state index is 0.0414. The van der Waals surface area contributed by atoms with Crippen LogP contribution >= 0.6 is 0 Å². The number of hydrogen-bond donors (Lipinski definition) is 1. The second-order valence-electron chi connectivity index (χ2n) is 5.15. The maximum atomic E-state index is 11.4. The van der Waals surface area contributed by atoms with Crippen molar-refractivity contribution in [1.29, 1.82) is 0 Å². The van der Waals surface area contributed by atoms with Gasteiger partial charge in [-0.25, -0.2) is 0 Å². The smallest absolute Gasteiger partial charge is 0.222 e. The number of ketones is 1. The molecule has 106 valence electrons. The summed E-state index contributed by atoms with van der Waals surface area (Å²) in [6.07, 6.45) is 3.45. The van der Waals surface area contributed by atoms with Gasteiger partial charge in [-0.2, -0.15) is 0 Å². The number of carbonyl (C=O) groups is 2. The maximum absolute atomic E-state index is 11.4. The molecule has 0 unspecified atom stereocenters. The highest BCUT2D eigenvalue weighted by atomic mass is 16.5. The van der Waals surface area contributed by atoms with E-state index >= 15 is 0 Å². The van der Waals surface area contributed by atoms with Gasteiger partial charge in [-0.1, -0.05) is 20.3 Å². The summed E-state index contributed by atoms with van der Waals surface area (Å²) < 4.78 is 5.23. The van der Waals surface area contributed by atoms with Crippen LogP contribution in [0.1, 0.15) is 53.4 Å². The molecule has 0 aromatic heterocycles. The summed E-state index contributed by atoms with van der Waals surface area (Å²) in [6.45, 7) is 8.52. The molecule has 0 atom stereocenters. The van der Waals surface area contributed by atoms with Crippen LogP contribution < -0.4 is 5.32 Å². The van der Waals surface area contributed by atoms with Gasteiger partial charge in [-0.15, -0.1) is 0 Å². The molecule has 4 heteroatoms. The summed E-state index contributed by atoms with van der Waals surface area (Å²) in [4.78, 5) is 22.6. The van der Waals surface area contributed by atoms with Gasteiger partial charge in [0.15, 0.2) is 5.78 Å². The van der Waals surface area contributed by atoms with Gasteiger partial charge < -0.3 is 10.1 Å². The second kappa shape index (κ2) is 10.1. The minimum atomic E-state index is 0.0414. The van der Waals surface area contributed by atoms with Crippen LogP contribution in [0.3, 0.4) is 0 Å². The Kier molecular flexibility index (Phi) is 9.56. The Morgan fingerprint density at radius 3 is 2.28 bits per heavy atom. The van der Waals surface area contributed by atoms with Gasteiger partial charge >= 0.3 is 0 Å². The van der Waals surface area contributed by atoms with E-state index in [0.717, 1.165) is 19.3 Å². The third-order valence-corrected chi connectivity index (χ3v) is 2.53. The molecule has 0 aromatic rings. The van der Waals surface area contributed by atoms with Crippen molar-refractivity contribution in [2.24, 2.45) is 5.92 Å². The lowest BCUT2D eigenvalue weighted by Gasteiger charge is -2.08. The maximum Gasteiger partial charge on any atom is 0.222 e. The van der Waals surface area contributed by atoms with Crippen LogP contribution in [-0.4, -0.2) is 30.9 Å². The van der Waals surface area contributed by atoms with Crippen LogP contribution in [0.2, 0.25) is 0 Å². The molecule has 0 spiro atoms. The van der Waals surface area contributed by atoms with Crippen molar-refractivity contribution >= 4 is 11.7 Å². The molecular weight excluding hydrogens is 230 g/mol. The zero-order chi connectivity index (χ0) is 14.0. The van der Waals surface area contributed by atoms with Crippen LogP contribution in [0.5, 0.6) is 0 Å². The Morgan fingerprint density at radius 2 is 1.72 bits per heavy atom. The van der Waals surface area contributed by atoms with Crippen molar-refractivity contribution < 1.29 is 14.3 Å². The number of unbranched alkanes of at least 4 members (excludes halogenated alkanes) is 2. The molecule has 1 amide bonds. The Hall–Kier alpha value is -0.900. The molecule has 0 radical (unpaired) electrons. The first kappa shape index (κ1) is 17.1. The fraction of sp³-hybridized carbons (Fsp3) is 0.857. The number of rotatable bonds is 10. The van der Waals surface area contributed by atoms with Crippen molar-refractivity contribution in [1.82, 2.24) is 5.32 Å². The summed E-state index contributed by atoms with van der Waals surface area (Å²) in [6, 6.07) is 0. The first-order chi connectivity index (χ1) is 8.43. The largest absolute Gasteiger partial charge is 0.371 e. The summed E-state index contributed by atoms with van der Waals surface area (Å²) in [5, 5.41) is 2.86. The standard InChI is InChI=1S/C14H27NO3/c1-11(2)14(17)15-9-7-5-6-8-13(16)10-18-12(3)4/h11-12H,5-10H2,1-4H3,(H,15,17). The molecular formula is C14H27NO3. The number of nitrogens with one attached hydrogen (secondary N) is 1. The highest BCUT2D eigenvalue weighted by molar-refractivity contribution is 5.79. The van der Waals surface area contributed by atoms with Crippen LogP contribution in [0.4, 0.5) is 0 Å². The molecule has 0 saturated heterocycles.